The van der Waals surface area contributed by atoms with Crippen molar-refractivity contribution in [3.63, 3.8) is 0 Å². The summed E-state index contributed by atoms with van der Waals surface area (Å²) in [5.74, 6) is 0.0714. The summed E-state index contributed by atoms with van der Waals surface area (Å²) < 4.78 is 5.80. The predicted molar refractivity (Wildman–Crippen MR) is 104 cm³/mol. The zero-order chi connectivity index (χ0) is 19.1. The van der Waals surface area contributed by atoms with Crippen LogP contribution in [0.25, 0.3) is 11.3 Å². The fourth-order valence-electron chi connectivity index (χ4n) is 4.25. The molecule has 1 fully saturated rings. The van der Waals surface area contributed by atoms with Crippen LogP contribution in [0.5, 0.6) is 5.75 Å². The van der Waals surface area contributed by atoms with Crippen molar-refractivity contribution in [2.24, 2.45) is 0 Å². The molecule has 3 aromatic rings. The molecule has 5 rings (SSSR count). The van der Waals surface area contributed by atoms with Gasteiger partial charge in [0.1, 0.15) is 17.1 Å². The molecule has 2 aliphatic rings. The summed E-state index contributed by atoms with van der Waals surface area (Å²) in [5, 5.41) is 17.7. The van der Waals surface area contributed by atoms with E-state index in [1.165, 1.54) is 0 Å². The number of aromatic amines is 1. The van der Waals surface area contributed by atoms with Gasteiger partial charge in [0.05, 0.1) is 12.1 Å². The molecular weight excluding hydrogens is 354 g/mol. The lowest BCUT2D eigenvalue weighted by Gasteiger charge is -2.28. The van der Waals surface area contributed by atoms with Crippen LogP contribution < -0.4 is 0 Å². The van der Waals surface area contributed by atoms with Crippen molar-refractivity contribution in [2.45, 2.75) is 25.0 Å². The molecule has 2 unspecified atom stereocenters. The van der Waals surface area contributed by atoms with Crippen molar-refractivity contribution in [1.29, 1.82) is 0 Å². The molecule has 2 N–H and O–H groups in total. The highest BCUT2D eigenvalue weighted by molar-refractivity contribution is 6.00. The number of phenols is 1. The lowest BCUT2D eigenvalue weighted by Crippen LogP contribution is -2.36. The van der Waals surface area contributed by atoms with Crippen molar-refractivity contribution in [1.82, 2.24) is 15.1 Å². The van der Waals surface area contributed by atoms with Gasteiger partial charge >= 0.3 is 0 Å². The number of aromatic nitrogens is 2. The van der Waals surface area contributed by atoms with E-state index >= 15 is 0 Å². The number of para-hydroxylation sites is 1. The smallest absolute Gasteiger partial charge is 0.273 e. The Balaban J connectivity index is 1.64. The Hall–Kier alpha value is -3.12. The van der Waals surface area contributed by atoms with Crippen molar-refractivity contribution >= 4 is 5.91 Å². The fraction of sp³-hybridized carbons (Fsp3) is 0.273. The topological polar surface area (TPSA) is 78.5 Å². The molecule has 2 atom stereocenters. The Morgan fingerprint density at radius 1 is 1.14 bits per heavy atom. The van der Waals surface area contributed by atoms with Crippen molar-refractivity contribution in [2.75, 3.05) is 13.2 Å². The van der Waals surface area contributed by atoms with E-state index < -0.39 is 0 Å². The van der Waals surface area contributed by atoms with Gasteiger partial charge in [-0.1, -0.05) is 42.5 Å². The number of ether oxygens (including phenoxy) is 1. The van der Waals surface area contributed by atoms with Crippen LogP contribution in [0.1, 0.15) is 40.5 Å². The average molecular weight is 375 g/mol. The van der Waals surface area contributed by atoms with Crippen LogP contribution in [0.15, 0.2) is 54.6 Å². The van der Waals surface area contributed by atoms with Crippen LogP contribution in [0, 0.1) is 0 Å². The van der Waals surface area contributed by atoms with Crippen LogP contribution in [0.4, 0.5) is 0 Å². The number of amides is 1. The quantitative estimate of drug-likeness (QED) is 0.731. The summed E-state index contributed by atoms with van der Waals surface area (Å²) >= 11 is 0. The van der Waals surface area contributed by atoms with Crippen molar-refractivity contribution in [3.8, 4) is 17.0 Å². The summed E-state index contributed by atoms with van der Waals surface area (Å²) in [6.07, 6.45) is 2.04. The average Bonchev–Trinajstić information content (AvgIpc) is 3.43. The van der Waals surface area contributed by atoms with Gasteiger partial charge in [-0.05, 0) is 30.5 Å². The minimum absolute atomic E-state index is 0.0562. The number of benzene rings is 2. The van der Waals surface area contributed by atoms with Gasteiger partial charge in [-0.2, -0.15) is 5.10 Å². The van der Waals surface area contributed by atoms with E-state index in [9.17, 15) is 9.90 Å². The zero-order valence-electron chi connectivity index (χ0n) is 15.3. The molecule has 1 saturated heterocycles. The molecule has 0 aliphatic carbocycles. The molecule has 0 spiro atoms. The van der Waals surface area contributed by atoms with E-state index in [2.05, 4.69) is 10.2 Å². The number of H-pyrrole nitrogens is 1. The van der Waals surface area contributed by atoms with Crippen LogP contribution in [0.3, 0.4) is 0 Å². The molecule has 6 nitrogen and oxygen atoms in total. The molecule has 0 radical (unpaired) electrons. The van der Waals surface area contributed by atoms with Crippen LogP contribution >= 0.6 is 0 Å². The maximum atomic E-state index is 13.2. The summed E-state index contributed by atoms with van der Waals surface area (Å²) in [7, 11) is 0. The molecule has 142 valence electrons. The second-order valence-corrected chi connectivity index (χ2v) is 7.28. The van der Waals surface area contributed by atoms with Gasteiger partial charge in [-0.15, -0.1) is 0 Å². The van der Waals surface area contributed by atoms with E-state index in [-0.39, 0.29) is 23.8 Å². The van der Waals surface area contributed by atoms with Gasteiger partial charge in [0.2, 0.25) is 0 Å². The number of fused-ring (bicyclic) bond motifs is 1. The Bertz CT molecular complexity index is 1010. The number of aromatic hydroxyl groups is 1. The fourth-order valence-corrected chi connectivity index (χ4v) is 4.25. The Morgan fingerprint density at radius 2 is 1.93 bits per heavy atom. The zero-order valence-corrected chi connectivity index (χ0v) is 15.3. The number of hydrogen-bond donors (Lipinski definition) is 2. The third-order valence-corrected chi connectivity index (χ3v) is 5.56. The second-order valence-electron chi connectivity index (χ2n) is 7.28. The summed E-state index contributed by atoms with van der Waals surface area (Å²) in [4.78, 5) is 15.1. The highest BCUT2D eigenvalue weighted by Crippen LogP contribution is 2.44. The normalized spacial score (nSPS) is 21.3. The van der Waals surface area contributed by atoms with E-state index in [4.69, 9.17) is 4.74 Å². The molecule has 0 bridgehead atoms. The van der Waals surface area contributed by atoms with Gasteiger partial charge in [0, 0.05) is 24.3 Å². The third kappa shape index (κ3) is 2.68. The van der Waals surface area contributed by atoms with Crippen LogP contribution in [-0.2, 0) is 4.74 Å². The molecule has 6 heteroatoms. The van der Waals surface area contributed by atoms with E-state index in [0.717, 1.165) is 30.6 Å². The van der Waals surface area contributed by atoms with E-state index in [1.807, 2.05) is 47.4 Å². The number of phenolic OH excluding ortho intramolecular Hbond substituents is 1. The SMILES string of the molecule is O=C1c2[nH]nc(-c3ccccc3O)c2C(c2ccccc2)N1CC1CCCO1. The number of hydrogen-bond acceptors (Lipinski definition) is 4. The number of carbonyl (C=O) groups is 1. The molecule has 1 amide bonds. The minimum Gasteiger partial charge on any atom is -0.507 e. The van der Waals surface area contributed by atoms with Crippen molar-refractivity contribution < 1.29 is 14.6 Å². The predicted octanol–water partition coefficient (Wildman–Crippen LogP) is 3.51. The van der Waals surface area contributed by atoms with E-state index in [0.29, 0.717) is 23.5 Å². The number of nitrogens with zero attached hydrogens (tertiary/aromatic N) is 2. The Labute approximate surface area is 162 Å². The minimum atomic E-state index is -0.263. The number of rotatable bonds is 4. The van der Waals surface area contributed by atoms with Crippen LogP contribution in [-0.4, -0.2) is 45.4 Å². The highest BCUT2D eigenvalue weighted by Gasteiger charge is 2.43. The largest absolute Gasteiger partial charge is 0.507 e. The second kappa shape index (κ2) is 6.80. The van der Waals surface area contributed by atoms with E-state index in [1.54, 1.807) is 12.1 Å². The Morgan fingerprint density at radius 3 is 2.68 bits per heavy atom. The molecule has 0 saturated carbocycles. The van der Waals surface area contributed by atoms with Crippen molar-refractivity contribution in [3.05, 3.63) is 71.4 Å². The molecule has 28 heavy (non-hydrogen) atoms. The number of nitrogens with one attached hydrogen (secondary N) is 1. The first-order chi connectivity index (χ1) is 13.7. The summed E-state index contributed by atoms with van der Waals surface area (Å²) in [6, 6.07) is 16.8. The molecular formula is C22H21N3O3. The molecule has 3 heterocycles. The summed E-state index contributed by atoms with van der Waals surface area (Å²) in [5.41, 5.74) is 3.56. The maximum absolute atomic E-state index is 13.2. The lowest BCUT2D eigenvalue weighted by molar-refractivity contribution is 0.0495. The first-order valence-corrected chi connectivity index (χ1v) is 9.58. The lowest BCUT2D eigenvalue weighted by atomic mass is 9.95. The first kappa shape index (κ1) is 17.0. The molecule has 1 aromatic heterocycles. The third-order valence-electron chi connectivity index (χ3n) is 5.56. The Kier molecular flexibility index (Phi) is 4.13. The first-order valence-electron chi connectivity index (χ1n) is 9.58. The standard InChI is InChI=1S/C22H21N3O3/c26-17-11-5-4-10-16(17)19-18-20(24-23-19)22(27)25(13-15-9-6-12-28-15)21(18)14-7-2-1-3-8-14/h1-5,7-8,10-11,15,21,26H,6,9,12-13H2,(H,23,24). The van der Waals surface area contributed by atoms with Gasteiger partial charge in [0.15, 0.2) is 0 Å². The number of carbonyl (C=O) groups excluding carboxylic acids is 1. The van der Waals surface area contributed by atoms with Gasteiger partial charge < -0.3 is 14.7 Å². The molecule has 2 aromatic carbocycles. The maximum Gasteiger partial charge on any atom is 0.273 e. The monoisotopic (exact) mass is 375 g/mol. The summed E-state index contributed by atoms with van der Waals surface area (Å²) in [6.45, 7) is 1.29. The van der Waals surface area contributed by atoms with Gasteiger partial charge in [-0.25, -0.2) is 0 Å². The highest BCUT2D eigenvalue weighted by atomic mass is 16.5. The van der Waals surface area contributed by atoms with Gasteiger partial charge in [0.25, 0.3) is 5.91 Å². The van der Waals surface area contributed by atoms with Gasteiger partial charge in [-0.3, -0.25) is 9.89 Å². The van der Waals surface area contributed by atoms with Crippen LogP contribution in [0.2, 0.25) is 0 Å². The molecule has 2 aliphatic heterocycles.